The van der Waals surface area contributed by atoms with Gasteiger partial charge >= 0.3 is 0 Å². The molecule has 0 radical (unpaired) electrons. The molecule has 0 aliphatic heterocycles. The van der Waals surface area contributed by atoms with Gasteiger partial charge in [-0.3, -0.25) is 9.89 Å². The van der Waals surface area contributed by atoms with E-state index in [-0.39, 0.29) is 22.2 Å². The van der Waals surface area contributed by atoms with Crippen LogP contribution in [0.3, 0.4) is 0 Å². The minimum atomic E-state index is -4.06. The monoisotopic (exact) mass is 452 g/mol. The van der Waals surface area contributed by atoms with Crippen molar-refractivity contribution in [2.45, 2.75) is 5.03 Å². The molecule has 0 aliphatic carbocycles. The molecule has 0 fully saturated rings. The number of nitrogens with one attached hydrogen (secondary N) is 4. The minimum absolute atomic E-state index is 0.160. The molecule has 0 spiro atoms. The number of aromatic nitrogens is 5. The van der Waals surface area contributed by atoms with Crippen LogP contribution in [-0.4, -0.2) is 52.2 Å². The van der Waals surface area contributed by atoms with E-state index >= 15 is 0 Å². The van der Waals surface area contributed by atoms with Crippen LogP contribution >= 0.6 is 0 Å². The standard InChI is InChI=1S/C18H16N10O3S/c19-8-20-9-24-32(30,31)14-6-12-16(21-10-22-17(12)27-14)26-13-7-23-28-15(13)18(29)25-11-4-2-1-3-5-11/h1-10H,(H,23,28)(H,25,29)(H2,19,20,24)(H2,21,22,26,27). The van der Waals surface area contributed by atoms with Gasteiger partial charge in [-0.15, -0.1) is 4.40 Å². The van der Waals surface area contributed by atoms with E-state index in [0.29, 0.717) is 16.8 Å². The maximum atomic E-state index is 12.6. The number of anilines is 3. The van der Waals surface area contributed by atoms with Crippen molar-refractivity contribution >= 4 is 56.8 Å². The fraction of sp³-hybridized carbons (Fsp3) is 0. The van der Waals surface area contributed by atoms with E-state index in [9.17, 15) is 13.2 Å². The molecule has 0 bridgehead atoms. The van der Waals surface area contributed by atoms with E-state index in [0.717, 1.165) is 12.7 Å². The third-order valence-corrected chi connectivity index (χ3v) is 5.32. The van der Waals surface area contributed by atoms with E-state index in [1.54, 1.807) is 24.3 Å². The Morgan fingerprint density at radius 1 is 1.19 bits per heavy atom. The van der Waals surface area contributed by atoms with Crippen LogP contribution in [0.5, 0.6) is 0 Å². The number of benzene rings is 1. The molecular weight excluding hydrogens is 436 g/mol. The van der Waals surface area contributed by atoms with Crippen molar-refractivity contribution in [1.29, 1.82) is 0 Å². The number of nitrogens with two attached hydrogens (primary N) is 1. The fourth-order valence-electron chi connectivity index (χ4n) is 2.74. The summed E-state index contributed by atoms with van der Waals surface area (Å²) in [5, 5.41) is 12.4. The molecule has 6 N–H and O–H groups in total. The molecule has 0 saturated heterocycles. The molecule has 3 heterocycles. The third-order valence-electron chi connectivity index (χ3n) is 4.17. The van der Waals surface area contributed by atoms with Crippen LogP contribution in [0.4, 0.5) is 17.2 Å². The maximum absolute atomic E-state index is 12.6. The van der Waals surface area contributed by atoms with E-state index < -0.39 is 15.9 Å². The second kappa shape index (κ2) is 8.65. The molecule has 0 unspecified atom stereocenters. The number of rotatable bonds is 7. The van der Waals surface area contributed by atoms with Gasteiger partial charge in [-0.05, 0) is 18.2 Å². The number of carbonyl (C=O) groups excluding carboxylic acids is 1. The van der Waals surface area contributed by atoms with Gasteiger partial charge < -0.3 is 21.4 Å². The second-order valence-electron chi connectivity index (χ2n) is 6.22. The second-order valence-corrected chi connectivity index (χ2v) is 7.82. The Balaban J connectivity index is 1.63. The van der Waals surface area contributed by atoms with Gasteiger partial charge in [-0.25, -0.2) is 15.0 Å². The van der Waals surface area contributed by atoms with E-state index in [4.69, 9.17) is 5.73 Å². The summed E-state index contributed by atoms with van der Waals surface area (Å²) >= 11 is 0. The Bertz CT molecular complexity index is 1420. The van der Waals surface area contributed by atoms with Crippen molar-refractivity contribution in [1.82, 2.24) is 25.1 Å². The quantitative estimate of drug-likeness (QED) is 0.205. The van der Waals surface area contributed by atoms with Crippen LogP contribution in [0.15, 0.2) is 63.3 Å². The van der Waals surface area contributed by atoms with Crippen LogP contribution in [0, 0.1) is 0 Å². The third kappa shape index (κ3) is 4.29. The molecule has 32 heavy (non-hydrogen) atoms. The first-order valence-corrected chi connectivity index (χ1v) is 10.4. The Hall–Kier alpha value is -4.59. The van der Waals surface area contributed by atoms with Crippen LogP contribution in [0.1, 0.15) is 10.5 Å². The highest BCUT2D eigenvalue weighted by Gasteiger charge is 2.20. The first-order chi connectivity index (χ1) is 15.5. The molecule has 162 valence electrons. The Morgan fingerprint density at radius 3 is 2.78 bits per heavy atom. The lowest BCUT2D eigenvalue weighted by atomic mass is 10.3. The van der Waals surface area contributed by atoms with E-state index in [2.05, 4.69) is 45.2 Å². The van der Waals surface area contributed by atoms with Crippen LogP contribution in [0.2, 0.25) is 0 Å². The van der Waals surface area contributed by atoms with Gasteiger partial charge in [0.15, 0.2) is 5.03 Å². The molecule has 13 nitrogen and oxygen atoms in total. The largest absolute Gasteiger partial charge is 0.390 e. The number of H-pyrrole nitrogens is 2. The lowest BCUT2D eigenvalue weighted by Gasteiger charge is -2.07. The molecule has 0 saturated carbocycles. The predicted molar refractivity (Wildman–Crippen MR) is 119 cm³/mol. The number of sulfonamides is 1. The number of hydrogen-bond donors (Lipinski definition) is 5. The molecular formula is C18H16N10O3S. The lowest BCUT2D eigenvalue weighted by molar-refractivity contribution is 0.102. The molecule has 1 amide bonds. The molecule has 4 aromatic rings. The number of carbonyl (C=O) groups is 1. The zero-order valence-corrected chi connectivity index (χ0v) is 17.0. The van der Waals surface area contributed by atoms with Gasteiger partial charge in [0.25, 0.3) is 15.9 Å². The molecule has 4 rings (SSSR count). The first kappa shape index (κ1) is 20.7. The first-order valence-electron chi connectivity index (χ1n) is 9.00. The minimum Gasteiger partial charge on any atom is -0.390 e. The average molecular weight is 452 g/mol. The lowest BCUT2D eigenvalue weighted by Crippen LogP contribution is -2.14. The van der Waals surface area contributed by atoms with Crippen LogP contribution < -0.4 is 16.4 Å². The maximum Gasteiger partial charge on any atom is 0.299 e. The zero-order chi connectivity index (χ0) is 22.6. The van der Waals surface area contributed by atoms with Crippen molar-refractivity contribution in [2.75, 3.05) is 10.6 Å². The summed E-state index contributed by atoms with van der Waals surface area (Å²) in [7, 11) is -4.06. The highest BCUT2D eigenvalue weighted by atomic mass is 32.2. The molecule has 1 aromatic carbocycles. The Morgan fingerprint density at radius 2 is 2.00 bits per heavy atom. The van der Waals surface area contributed by atoms with Crippen molar-refractivity contribution in [3.8, 4) is 0 Å². The Kier molecular flexibility index (Phi) is 5.59. The summed E-state index contributed by atoms with van der Waals surface area (Å²) in [5.74, 6) is -0.166. The van der Waals surface area contributed by atoms with Gasteiger partial charge in [-0.1, -0.05) is 18.2 Å². The van der Waals surface area contributed by atoms with Crippen LogP contribution in [-0.2, 0) is 10.0 Å². The van der Waals surface area contributed by atoms with Crippen molar-refractivity contribution in [2.24, 2.45) is 15.1 Å². The number of nitrogens with zero attached hydrogens (tertiary/aromatic N) is 5. The summed E-state index contributed by atoms with van der Waals surface area (Å²) < 4.78 is 28.1. The number of fused-ring (bicyclic) bond motifs is 1. The molecule has 14 heteroatoms. The Labute approximate surface area is 181 Å². The molecule has 0 atom stereocenters. The number of aromatic amines is 2. The van der Waals surface area contributed by atoms with Crippen LogP contribution in [0.25, 0.3) is 11.0 Å². The van der Waals surface area contributed by atoms with Gasteiger partial charge in [0, 0.05) is 5.69 Å². The summed E-state index contributed by atoms with van der Waals surface area (Å²) in [4.78, 5) is 26.9. The number of para-hydroxylation sites is 1. The molecule has 3 aromatic heterocycles. The van der Waals surface area contributed by atoms with Gasteiger partial charge in [0.05, 0.1) is 23.6 Å². The smallest absolute Gasteiger partial charge is 0.299 e. The topological polar surface area (TPSA) is 196 Å². The van der Waals surface area contributed by atoms with Gasteiger partial charge in [0.1, 0.15) is 29.8 Å². The van der Waals surface area contributed by atoms with E-state index in [1.807, 2.05) is 6.07 Å². The predicted octanol–water partition coefficient (Wildman–Crippen LogP) is 1.38. The normalized spacial score (nSPS) is 12.0. The van der Waals surface area contributed by atoms with Crippen molar-refractivity contribution in [3.05, 3.63) is 54.6 Å². The number of hydrogen-bond acceptors (Lipinski definition) is 7. The van der Waals surface area contributed by atoms with Gasteiger partial charge in [-0.2, -0.15) is 13.5 Å². The zero-order valence-electron chi connectivity index (χ0n) is 16.2. The number of amides is 1. The van der Waals surface area contributed by atoms with E-state index in [1.165, 1.54) is 18.6 Å². The average Bonchev–Trinajstić information content (AvgIpc) is 3.43. The summed E-state index contributed by atoms with van der Waals surface area (Å²) in [6.45, 7) is 0. The van der Waals surface area contributed by atoms with Crippen molar-refractivity contribution in [3.63, 3.8) is 0 Å². The van der Waals surface area contributed by atoms with Crippen molar-refractivity contribution < 1.29 is 13.2 Å². The summed E-state index contributed by atoms with van der Waals surface area (Å²) in [5.41, 5.74) is 6.42. The summed E-state index contributed by atoms with van der Waals surface area (Å²) in [6, 6.07) is 10.2. The molecule has 0 aliphatic rings. The SMILES string of the molecule is NC=N/C=N/S(=O)(=O)c1cc2c(Nc3cn[nH]c3C(=O)Nc3ccccc3)ncnc2[nH]1. The summed E-state index contributed by atoms with van der Waals surface area (Å²) in [6.07, 6.45) is 4.37. The fourth-order valence-corrected chi connectivity index (χ4v) is 3.52. The highest BCUT2D eigenvalue weighted by molar-refractivity contribution is 7.90. The van der Waals surface area contributed by atoms with Gasteiger partial charge in [0.2, 0.25) is 0 Å². The highest BCUT2D eigenvalue weighted by Crippen LogP contribution is 2.27. The number of aliphatic imine (C=N–C) groups is 1.